The zero-order valence-electron chi connectivity index (χ0n) is 9.13. The number of hydrogen-bond donors (Lipinski definition) is 1. The van der Waals surface area contributed by atoms with Crippen molar-refractivity contribution in [1.29, 1.82) is 0 Å². The van der Waals surface area contributed by atoms with Crippen LogP contribution >= 0.6 is 11.6 Å². The number of halogens is 2. The van der Waals surface area contributed by atoms with E-state index in [1.807, 2.05) is 0 Å². The lowest BCUT2D eigenvalue weighted by molar-refractivity contribution is 0.352. The summed E-state index contributed by atoms with van der Waals surface area (Å²) in [6.07, 6.45) is 6.01. The molecule has 0 radical (unpaired) electrons. The van der Waals surface area contributed by atoms with Crippen LogP contribution in [0.1, 0.15) is 25.7 Å². The molecule has 0 aliphatic heterocycles. The standard InChI is InChI=1S/C12H16ClFN2/c13-7-9-3-1-2-4-11(9)16-12-6-5-10(14)8-15-12/h5-6,8-9,11H,1-4,7H2,(H,15,16). The van der Waals surface area contributed by atoms with Crippen molar-refractivity contribution in [2.75, 3.05) is 11.2 Å². The van der Waals surface area contributed by atoms with E-state index in [2.05, 4.69) is 10.3 Å². The van der Waals surface area contributed by atoms with Gasteiger partial charge in [-0.1, -0.05) is 12.8 Å². The molecule has 0 bridgehead atoms. The van der Waals surface area contributed by atoms with Gasteiger partial charge in [-0.25, -0.2) is 9.37 Å². The summed E-state index contributed by atoms with van der Waals surface area (Å²) in [6, 6.07) is 3.48. The van der Waals surface area contributed by atoms with Crippen LogP contribution in [-0.4, -0.2) is 16.9 Å². The third-order valence-corrected chi connectivity index (χ3v) is 3.56. The fourth-order valence-corrected chi connectivity index (χ4v) is 2.60. The van der Waals surface area contributed by atoms with Gasteiger partial charge in [0.05, 0.1) is 6.20 Å². The topological polar surface area (TPSA) is 24.9 Å². The summed E-state index contributed by atoms with van der Waals surface area (Å²) in [7, 11) is 0. The van der Waals surface area contributed by atoms with Gasteiger partial charge in [0.15, 0.2) is 0 Å². The van der Waals surface area contributed by atoms with Gasteiger partial charge in [-0.05, 0) is 30.9 Å². The highest BCUT2D eigenvalue weighted by molar-refractivity contribution is 6.18. The van der Waals surface area contributed by atoms with Crippen LogP contribution in [0.3, 0.4) is 0 Å². The minimum atomic E-state index is -0.303. The molecule has 1 saturated carbocycles. The molecule has 1 aliphatic carbocycles. The summed E-state index contributed by atoms with van der Waals surface area (Å²) < 4.78 is 12.7. The molecule has 2 rings (SSSR count). The van der Waals surface area contributed by atoms with E-state index in [4.69, 9.17) is 11.6 Å². The third-order valence-electron chi connectivity index (χ3n) is 3.17. The summed E-state index contributed by atoms with van der Waals surface area (Å²) in [5.41, 5.74) is 0. The van der Waals surface area contributed by atoms with E-state index < -0.39 is 0 Å². The molecule has 1 aromatic heterocycles. The lowest BCUT2D eigenvalue weighted by atomic mass is 9.86. The van der Waals surface area contributed by atoms with E-state index in [1.54, 1.807) is 6.07 Å². The van der Waals surface area contributed by atoms with Gasteiger partial charge < -0.3 is 5.32 Å². The van der Waals surface area contributed by atoms with Crippen molar-refractivity contribution in [3.63, 3.8) is 0 Å². The number of anilines is 1. The number of aromatic nitrogens is 1. The fourth-order valence-electron chi connectivity index (χ4n) is 2.23. The van der Waals surface area contributed by atoms with Crippen LogP contribution < -0.4 is 5.32 Å². The summed E-state index contributed by atoms with van der Waals surface area (Å²) in [6.45, 7) is 0. The first kappa shape index (κ1) is 11.6. The Morgan fingerprint density at radius 2 is 2.19 bits per heavy atom. The minimum absolute atomic E-state index is 0.303. The van der Waals surface area contributed by atoms with E-state index >= 15 is 0 Å². The second-order valence-electron chi connectivity index (χ2n) is 4.31. The number of rotatable bonds is 3. The molecule has 2 unspecified atom stereocenters. The van der Waals surface area contributed by atoms with Crippen molar-refractivity contribution < 1.29 is 4.39 Å². The highest BCUT2D eigenvalue weighted by atomic mass is 35.5. The molecule has 0 spiro atoms. The predicted molar refractivity (Wildman–Crippen MR) is 64.3 cm³/mol. The van der Waals surface area contributed by atoms with Gasteiger partial charge in [-0.15, -0.1) is 11.6 Å². The maximum atomic E-state index is 12.7. The second-order valence-corrected chi connectivity index (χ2v) is 4.62. The Hall–Kier alpha value is -0.830. The van der Waals surface area contributed by atoms with Gasteiger partial charge >= 0.3 is 0 Å². The van der Waals surface area contributed by atoms with Crippen LogP contribution in [-0.2, 0) is 0 Å². The van der Waals surface area contributed by atoms with Crippen LogP contribution in [0.5, 0.6) is 0 Å². The number of hydrogen-bond acceptors (Lipinski definition) is 2. The number of nitrogens with one attached hydrogen (secondary N) is 1. The largest absolute Gasteiger partial charge is 0.367 e. The molecule has 0 amide bonds. The first-order valence-electron chi connectivity index (χ1n) is 5.73. The van der Waals surface area contributed by atoms with E-state index in [0.717, 1.165) is 12.2 Å². The summed E-state index contributed by atoms with van der Waals surface area (Å²) in [5.74, 6) is 1.62. The quantitative estimate of drug-likeness (QED) is 0.822. The molecular formula is C12H16ClFN2. The van der Waals surface area contributed by atoms with Gasteiger partial charge in [0, 0.05) is 11.9 Å². The Labute approximate surface area is 100 Å². The summed E-state index contributed by atoms with van der Waals surface area (Å²) in [5, 5.41) is 3.35. The maximum Gasteiger partial charge on any atom is 0.141 e. The predicted octanol–water partition coefficient (Wildman–Crippen LogP) is 3.43. The van der Waals surface area contributed by atoms with Gasteiger partial charge in [0.1, 0.15) is 11.6 Å². The molecule has 0 saturated heterocycles. The van der Waals surface area contributed by atoms with Crippen LogP contribution in [0.4, 0.5) is 10.2 Å². The van der Waals surface area contributed by atoms with Crippen molar-refractivity contribution in [3.8, 4) is 0 Å². The van der Waals surface area contributed by atoms with Crippen molar-refractivity contribution in [2.24, 2.45) is 5.92 Å². The molecule has 1 fully saturated rings. The molecule has 1 heterocycles. The molecule has 1 aromatic rings. The zero-order valence-corrected chi connectivity index (χ0v) is 9.88. The van der Waals surface area contributed by atoms with E-state index in [-0.39, 0.29) is 5.82 Å². The Morgan fingerprint density at radius 1 is 1.38 bits per heavy atom. The molecular weight excluding hydrogens is 227 g/mol. The molecule has 1 N–H and O–H groups in total. The third kappa shape index (κ3) is 2.85. The Morgan fingerprint density at radius 3 is 2.88 bits per heavy atom. The summed E-state index contributed by atoms with van der Waals surface area (Å²) in [4.78, 5) is 4.01. The Balaban J connectivity index is 1.99. The highest BCUT2D eigenvalue weighted by Crippen LogP contribution is 2.27. The van der Waals surface area contributed by atoms with Gasteiger partial charge in [0.25, 0.3) is 0 Å². The molecule has 2 atom stereocenters. The number of alkyl halides is 1. The van der Waals surface area contributed by atoms with Crippen molar-refractivity contribution in [2.45, 2.75) is 31.7 Å². The van der Waals surface area contributed by atoms with Crippen LogP contribution in [0.15, 0.2) is 18.3 Å². The molecule has 0 aromatic carbocycles. The van der Waals surface area contributed by atoms with E-state index in [0.29, 0.717) is 17.8 Å². The second kappa shape index (κ2) is 5.48. The van der Waals surface area contributed by atoms with Crippen LogP contribution in [0.25, 0.3) is 0 Å². The van der Waals surface area contributed by atoms with Gasteiger partial charge in [0.2, 0.25) is 0 Å². The van der Waals surface area contributed by atoms with Crippen molar-refractivity contribution in [3.05, 3.63) is 24.1 Å². The molecule has 16 heavy (non-hydrogen) atoms. The highest BCUT2D eigenvalue weighted by Gasteiger charge is 2.24. The van der Waals surface area contributed by atoms with Crippen LogP contribution in [0.2, 0.25) is 0 Å². The van der Waals surface area contributed by atoms with Gasteiger partial charge in [-0.3, -0.25) is 0 Å². The molecule has 4 heteroatoms. The Kier molecular flexibility index (Phi) is 3.99. The summed E-state index contributed by atoms with van der Waals surface area (Å²) >= 11 is 5.95. The van der Waals surface area contributed by atoms with Crippen molar-refractivity contribution >= 4 is 17.4 Å². The smallest absolute Gasteiger partial charge is 0.141 e. The zero-order chi connectivity index (χ0) is 11.4. The maximum absolute atomic E-state index is 12.7. The minimum Gasteiger partial charge on any atom is -0.367 e. The number of nitrogens with zero attached hydrogens (tertiary/aromatic N) is 1. The number of pyridine rings is 1. The lowest BCUT2D eigenvalue weighted by Crippen LogP contribution is -2.33. The first-order valence-corrected chi connectivity index (χ1v) is 6.27. The first-order chi connectivity index (χ1) is 7.79. The average molecular weight is 243 g/mol. The average Bonchev–Trinajstić information content (AvgIpc) is 2.33. The molecule has 88 valence electrons. The van der Waals surface area contributed by atoms with E-state index in [1.165, 1.54) is 31.5 Å². The van der Waals surface area contributed by atoms with Gasteiger partial charge in [-0.2, -0.15) is 0 Å². The Bertz CT molecular complexity index is 328. The van der Waals surface area contributed by atoms with Crippen LogP contribution in [0, 0.1) is 11.7 Å². The molecule has 2 nitrogen and oxygen atoms in total. The monoisotopic (exact) mass is 242 g/mol. The van der Waals surface area contributed by atoms with E-state index in [9.17, 15) is 4.39 Å². The SMILES string of the molecule is Fc1ccc(NC2CCCCC2CCl)nc1. The fraction of sp³-hybridized carbons (Fsp3) is 0.583. The normalized spacial score (nSPS) is 25.4. The van der Waals surface area contributed by atoms with Crippen molar-refractivity contribution in [1.82, 2.24) is 4.98 Å². The lowest BCUT2D eigenvalue weighted by Gasteiger charge is -2.31. The molecule has 1 aliphatic rings.